The maximum absolute atomic E-state index is 12.8. The standard InChI is InChI=1S/C22H32N2O6S.BrH/c1-5-15(2)19(24-22(29)30-13-16-9-7-6-8-10-16)20(26)23-18(21(27)28)12-11-17(25)14-31(3)4;/h6-10,15,18-19H,5,11-14H2,1-4H3,(H2-,23,24,26,27,28,29);1H/t15-,18-,19-;/m0./s1. The van der Waals surface area contributed by atoms with Gasteiger partial charge in [-0.1, -0.05) is 50.6 Å². The van der Waals surface area contributed by atoms with Crippen molar-refractivity contribution < 1.29 is 46.0 Å². The molecule has 1 aromatic rings. The molecule has 0 aliphatic carbocycles. The summed E-state index contributed by atoms with van der Waals surface area (Å²) in [5.41, 5.74) is 0.805. The van der Waals surface area contributed by atoms with Crippen molar-refractivity contribution in [2.24, 2.45) is 5.92 Å². The molecule has 2 amide bonds. The monoisotopic (exact) mass is 532 g/mol. The number of benzene rings is 1. The zero-order valence-electron chi connectivity index (χ0n) is 18.9. The van der Waals surface area contributed by atoms with Gasteiger partial charge in [-0.15, -0.1) is 0 Å². The summed E-state index contributed by atoms with van der Waals surface area (Å²) in [7, 11) is -0.0651. The van der Waals surface area contributed by atoms with Gasteiger partial charge in [0.25, 0.3) is 0 Å². The van der Waals surface area contributed by atoms with Crippen LogP contribution in [0.2, 0.25) is 0 Å². The van der Waals surface area contributed by atoms with Crippen molar-refractivity contribution in [2.45, 2.75) is 51.8 Å². The molecule has 1 aromatic carbocycles. The number of carbonyl (C=O) groups is 4. The largest absolute Gasteiger partial charge is 1.00 e. The molecule has 0 fully saturated rings. The molecule has 0 aliphatic heterocycles. The molecule has 10 heteroatoms. The quantitative estimate of drug-likeness (QED) is 0.284. The van der Waals surface area contributed by atoms with E-state index in [9.17, 15) is 24.3 Å². The Morgan fingerprint density at radius 2 is 1.72 bits per heavy atom. The normalized spacial score (nSPS) is 13.3. The average Bonchev–Trinajstić information content (AvgIpc) is 2.72. The van der Waals surface area contributed by atoms with Crippen LogP contribution in [-0.2, 0) is 36.6 Å². The average molecular weight is 533 g/mol. The van der Waals surface area contributed by atoms with Gasteiger partial charge in [-0.05, 0) is 28.8 Å². The third-order valence-corrected chi connectivity index (χ3v) is 5.66. The van der Waals surface area contributed by atoms with Gasteiger partial charge in [0.15, 0.2) is 11.5 Å². The van der Waals surface area contributed by atoms with E-state index in [1.54, 1.807) is 6.92 Å². The second kappa shape index (κ2) is 15.7. The van der Waals surface area contributed by atoms with Gasteiger partial charge in [0.05, 0.1) is 12.5 Å². The molecule has 0 aliphatic rings. The Hall–Kier alpha value is -2.07. The number of carboxylic acids is 1. The van der Waals surface area contributed by atoms with Crippen LogP contribution in [0, 0.1) is 5.92 Å². The van der Waals surface area contributed by atoms with Crippen molar-refractivity contribution >= 4 is 34.6 Å². The van der Waals surface area contributed by atoms with E-state index < -0.39 is 30.1 Å². The molecule has 0 unspecified atom stereocenters. The van der Waals surface area contributed by atoms with Crippen molar-refractivity contribution in [3.63, 3.8) is 0 Å². The van der Waals surface area contributed by atoms with Crippen molar-refractivity contribution in [1.82, 2.24) is 10.6 Å². The molecule has 0 aromatic heterocycles. The number of carbonyl (C=O) groups excluding carboxylic acids is 3. The Labute approximate surface area is 203 Å². The van der Waals surface area contributed by atoms with Gasteiger partial charge in [0.1, 0.15) is 18.7 Å². The summed E-state index contributed by atoms with van der Waals surface area (Å²) in [4.78, 5) is 48.5. The van der Waals surface area contributed by atoms with Crippen LogP contribution < -0.4 is 27.6 Å². The lowest BCUT2D eigenvalue weighted by molar-refractivity contribution is -0.142. The lowest BCUT2D eigenvalue weighted by Crippen LogP contribution is -3.00. The van der Waals surface area contributed by atoms with E-state index in [0.29, 0.717) is 12.2 Å². The Kier molecular flexibility index (Phi) is 14.7. The van der Waals surface area contributed by atoms with Crippen molar-refractivity contribution in [3.8, 4) is 0 Å². The van der Waals surface area contributed by atoms with E-state index in [1.165, 1.54) is 0 Å². The molecule has 180 valence electrons. The van der Waals surface area contributed by atoms with E-state index >= 15 is 0 Å². The van der Waals surface area contributed by atoms with Crippen LogP contribution in [0.15, 0.2) is 30.3 Å². The maximum Gasteiger partial charge on any atom is 0.408 e. The molecule has 0 radical (unpaired) electrons. The van der Waals surface area contributed by atoms with Crippen LogP contribution in [0.1, 0.15) is 38.7 Å². The van der Waals surface area contributed by atoms with Crippen LogP contribution in [0.3, 0.4) is 0 Å². The topological polar surface area (TPSA) is 122 Å². The molecule has 0 saturated heterocycles. The SMILES string of the molecule is CC[C@H](C)[C@H](NC(=O)OCc1ccccc1)C(=O)N[C@@H](CCC(=O)C[S+](C)C)C(=O)O.[Br-]. The fourth-order valence-electron chi connectivity index (χ4n) is 2.81. The number of carboxylic acid groups (broad SMARTS) is 1. The van der Waals surface area contributed by atoms with Gasteiger partial charge in [-0.3, -0.25) is 9.59 Å². The van der Waals surface area contributed by atoms with Crippen LogP contribution in [0.5, 0.6) is 0 Å². The van der Waals surface area contributed by atoms with E-state index in [2.05, 4.69) is 10.6 Å². The minimum Gasteiger partial charge on any atom is -1.00 e. The summed E-state index contributed by atoms with van der Waals surface area (Å²) < 4.78 is 5.18. The number of ether oxygens (including phenoxy) is 1. The molecule has 32 heavy (non-hydrogen) atoms. The molecule has 0 heterocycles. The second-order valence-electron chi connectivity index (χ2n) is 7.68. The third kappa shape index (κ3) is 11.5. The van der Waals surface area contributed by atoms with Crippen molar-refractivity contribution in [3.05, 3.63) is 35.9 Å². The first-order chi connectivity index (χ1) is 14.6. The summed E-state index contributed by atoms with van der Waals surface area (Å²) in [5.74, 6) is -1.72. The molecule has 3 N–H and O–H groups in total. The number of hydrogen-bond acceptors (Lipinski definition) is 5. The summed E-state index contributed by atoms with van der Waals surface area (Å²) in [6, 6.07) is 6.95. The van der Waals surface area contributed by atoms with Gasteiger partial charge in [-0.2, -0.15) is 0 Å². The van der Waals surface area contributed by atoms with Crippen LogP contribution in [0.4, 0.5) is 4.79 Å². The number of aliphatic carboxylic acids is 1. The first kappa shape index (κ1) is 29.9. The Morgan fingerprint density at radius 1 is 1.09 bits per heavy atom. The van der Waals surface area contributed by atoms with Gasteiger partial charge in [-0.25, -0.2) is 9.59 Å². The Morgan fingerprint density at radius 3 is 2.25 bits per heavy atom. The number of rotatable bonds is 13. The third-order valence-electron chi connectivity index (χ3n) is 4.76. The highest BCUT2D eigenvalue weighted by molar-refractivity contribution is 7.96. The number of halogens is 1. The first-order valence-corrected chi connectivity index (χ1v) is 12.4. The number of amides is 2. The number of Topliss-reactive ketones (excluding diaryl/α,β-unsaturated/α-hetero) is 1. The summed E-state index contributed by atoms with van der Waals surface area (Å²) in [6.07, 6.45) is 3.78. The van der Waals surface area contributed by atoms with E-state index in [4.69, 9.17) is 4.74 Å². The predicted molar refractivity (Wildman–Crippen MR) is 121 cm³/mol. The number of ketones is 1. The van der Waals surface area contributed by atoms with Gasteiger partial charge in [0.2, 0.25) is 5.91 Å². The molecular weight excluding hydrogens is 500 g/mol. The second-order valence-corrected chi connectivity index (χ2v) is 9.94. The molecular formula is C22H33BrN2O6S. The highest BCUT2D eigenvalue weighted by atomic mass is 79.9. The number of nitrogens with one attached hydrogen (secondary N) is 2. The Bertz CT molecular complexity index is 747. The van der Waals surface area contributed by atoms with E-state index in [-0.39, 0.29) is 59.0 Å². The highest BCUT2D eigenvalue weighted by Crippen LogP contribution is 2.11. The number of alkyl carbamates (subject to hydrolysis) is 1. The number of hydrogen-bond donors (Lipinski definition) is 3. The molecule has 8 nitrogen and oxygen atoms in total. The lowest BCUT2D eigenvalue weighted by Gasteiger charge is -2.25. The zero-order chi connectivity index (χ0) is 23.4. The van der Waals surface area contributed by atoms with E-state index in [1.807, 2.05) is 49.8 Å². The fraction of sp³-hybridized carbons (Fsp3) is 0.545. The van der Waals surface area contributed by atoms with Crippen LogP contribution in [0.25, 0.3) is 0 Å². The minimum absolute atomic E-state index is 0. The lowest BCUT2D eigenvalue weighted by atomic mass is 9.98. The van der Waals surface area contributed by atoms with E-state index in [0.717, 1.165) is 5.56 Å². The van der Waals surface area contributed by atoms with Crippen LogP contribution >= 0.6 is 0 Å². The smallest absolute Gasteiger partial charge is 0.408 e. The maximum atomic E-state index is 12.8. The first-order valence-electron chi connectivity index (χ1n) is 10.2. The fourth-order valence-corrected chi connectivity index (χ4v) is 3.60. The highest BCUT2D eigenvalue weighted by Gasteiger charge is 2.30. The predicted octanol–water partition coefficient (Wildman–Crippen LogP) is -0.872. The Balaban J connectivity index is 0.00000961. The summed E-state index contributed by atoms with van der Waals surface area (Å²) in [6.45, 7) is 3.70. The minimum atomic E-state index is -1.22. The van der Waals surface area contributed by atoms with Crippen molar-refractivity contribution in [2.75, 3.05) is 18.3 Å². The molecule has 0 bridgehead atoms. The molecule has 0 spiro atoms. The summed E-state index contributed by atoms with van der Waals surface area (Å²) in [5, 5.41) is 14.5. The van der Waals surface area contributed by atoms with Gasteiger partial charge >= 0.3 is 12.1 Å². The molecule has 1 rings (SSSR count). The zero-order valence-corrected chi connectivity index (χ0v) is 21.3. The molecule has 3 atom stereocenters. The van der Waals surface area contributed by atoms with Crippen LogP contribution in [-0.4, -0.2) is 59.2 Å². The molecule has 0 saturated carbocycles. The van der Waals surface area contributed by atoms with Gasteiger partial charge in [0, 0.05) is 6.42 Å². The summed E-state index contributed by atoms with van der Waals surface area (Å²) >= 11 is 0. The van der Waals surface area contributed by atoms with Crippen molar-refractivity contribution in [1.29, 1.82) is 0 Å². The van der Waals surface area contributed by atoms with Gasteiger partial charge < -0.3 is 37.5 Å².